The third kappa shape index (κ3) is 2.48. The Kier molecular flexibility index (Phi) is 4.20. The molecule has 1 N–H and O–H groups in total. The molecule has 0 unspecified atom stereocenters. The Bertz CT molecular complexity index is 458. The van der Waals surface area contributed by atoms with Crippen molar-refractivity contribution < 1.29 is 9.52 Å². The van der Waals surface area contributed by atoms with Gasteiger partial charge in [0.1, 0.15) is 5.52 Å². The smallest absolute Gasteiger partial charge is 0.298 e. The number of benzene rings is 1. The van der Waals surface area contributed by atoms with Crippen LogP contribution in [0.2, 0.25) is 0 Å². The number of oxazole rings is 1. The second-order valence-electron chi connectivity index (χ2n) is 4.35. The normalized spacial score (nSPS) is 11.3. The summed E-state index contributed by atoms with van der Waals surface area (Å²) in [7, 11) is 0. The van der Waals surface area contributed by atoms with Crippen LogP contribution in [0.4, 0.5) is 6.01 Å². The van der Waals surface area contributed by atoms with Crippen LogP contribution in [0.15, 0.2) is 28.7 Å². The Morgan fingerprint density at radius 1 is 1.28 bits per heavy atom. The molecule has 0 aliphatic carbocycles. The van der Waals surface area contributed by atoms with E-state index in [0.29, 0.717) is 18.6 Å². The Labute approximate surface area is 107 Å². The molecule has 1 aromatic carbocycles. The number of nitrogens with zero attached hydrogens (tertiary/aromatic N) is 2. The van der Waals surface area contributed by atoms with Crippen LogP contribution < -0.4 is 4.90 Å². The molecule has 0 saturated carbocycles. The summed E-state index contributed by atoms with van der Waals surface area (Å²) >= 11 is 0. The first-order valence-corrected chi connectivity index (χ1v) is 6.53. The third-order valence-electron chi connectivity index (χ3n) is 3.25. The minimum Gasteiger partial charge on any atom is -0.423 e. The molecule has 4 heteroatoms. The zero-order valence-electron chi connectivity index (χ0n) is 11.0. The quantitative estimate of drug-likeness (QED) is 0.854. The van der Waals surface area contributed by atoms with Gasteiger partial charge in [-0.2, -0.15) is 4.98 Å². The molecule has 98 valence electrons. The maximum absolute atomic E-state index is 9.20. The fourth-order valence-corrected chi connectivity index (χ4v) is 2.25. The van der Waals surface area contributed by atoms with Gasteiger partial charge in [0.15, 0.2) is 5.58 Å². The van der Waals surface area contributed by atoms with Crippen molar-refractivity contribution in [1.82, 2.24) is 4.98 Å². The summed E-state index contributed by atoms with van der Waals surface area (Å²) in [4.78, 5) is 6.55. The fourth-order valence-electron chi connectivity index (χ4n) is 2.25. The molecule has 2 aromatic rings. The van der Waals surface area contributed by atoms with Crippen LogP contribution in [0.1, 0.15) is 26.7 Å². The van der Waals surface area contributed by atoms with Gasteiger partial charge in [0.05, 0.1) is 6.61 Å². The number of fused-ring (bicyclic) bond motifs is 1. The molecule has 0 radical (unpaired) electrons. The second-order valence-corrected chi connectivity index (χ2v) is 4.35. The summed E-state index contributed by atoms with van der Waals surface area (Å²) in [5, 5.41) is 9.20. The molecule has 0 spiro atoms. The predicted octanol–water partition coefficient (Wildman–Crippen LogP) is 2.82. The molecular formula is C14H20N2O2. The second kappa shape index (κ2) is 5.87. The largest absolute Gasteiger partial charge is 0.423 e. The number of aliphatic hydroxyl groups excluding tert-OH is 1. The lowest BCUT2D eigenvalue weighted by Gasteiger charge is -2.28. The van der Waals surface area contributed by atoms with Crippen molar-refractivity contribution in [3.05, 3.63) is 24.3 Å². The lowest BCUT2D eigenvalue weighted by molar-refractivity contribution is 0.292. The van der Waals surface area contributed by atoms with E-state index in [4.69, 9.17) is 4.42 Å². The summed E-state index contributed by atoms with van der Waals surface area (Å²) in [5.74, 6) is 0. The van der Waals surface area contributed by atoms with E-state index in [2.05, 4.69) is 23.7 Å². The number of aliphatic hydroxyl groups is 1. The number of aromatic nitrogens is 1. The fraction of sp³-hybridized carbons (Fsp3) is 0.500. The van der Waals surface area contributed by atoms with Crippen LogP contribution in [-0.2, 0) is 0 Å². The van der Waals surface area contributed by atoms with E-state index < -0.39 is 0 Å². The maximum atomic E-state index is 9.20. The molecule has 2 rings (SSSR count). The highest BCUT2D eigenvalue weighted by Crippen LogP contribution is 2.24. The molecule has 0 amide bonds. The minimum absolute atomic E-state index is 0.106. The molecule has 0 aliphatic heterocycles. The van der Waals surface area contributed by atoms with Gasteiger partial charge >= 0.3 is 0 Å². The van der Waals surface area contributed by atoms with Crippen LogP contribution in [0.3, 0.4) is 0 Å². The van der Waals surface area contributed by atoms with Gasteiger partial charge in [0.2, 0.25) is 0 Å². The minimum atomic E-state index is 0.106. The van der Waals surface area contributed by atoms with Crippen LogP contribution >= 0.6 is 0 Å². The molecule has 1 heterocycles. The van der Waals surface area contributed by atoms with Gasteiger partial charge in [0, 0.05) is 12.6 Å². The molecule has 0 saturated heterocycles. The number of anilines is 1. The first-order chi connectivity index (χ1) is 8.80. The van der Waals surface area contributed by atoms with Crippen molar-refractivity contribution >= 4 is 17.1 Å². The highest BCUT2D eigenvalue weighted by atomic mass is 16.4. The van der Waals surface area contributed by atoms with Crippen LogP contribution in [0, 0.1) is 0 Å². The average Bonchev–Trinajstić information content (AvgIpc) is 2.82. The Morgan fingerprint density at radius 2 is 2.00 bits per heavy atom. The number of rotatable bonds is 6. The first-order valence-electron chi connectivity index (χ1n) is 6.53. The topological polar surface area (TPSA) is 49.5 Å². The van der Waals surface area contributed by atoms with Crippen LogP contribution in [0.5, 0.6) is 0 Å². The monoisotopic (exact) mass is 248 g/mol. The highest BCUT2D eigenvalue weighted by molar-refractivity contribution is 5.74. The molecule has 0 atom stereocenters. The zero-order chi connectivity index (χ0) is 13.0. The van der Waals surface area contributed by atoms with Gasteiger partial charge in [-0.3, -0.25) is 0 Å². The van der Waals surface area contributed by atoms with Crippen molar-refractivity contribution in [2.75, 3.05) is 18.1 Å². The summed E-state index contributed by atoms with van der Waals surface area (Å²) in [6, 6.07) is 8.69. The van der Waals surface area contributed by atoms with E-state index in [0.717, 1.165) is 23.9 Å². The highest BCUT2D eigenvalue weighted by Gasteiger charge is 2.20. The van der Waals surface area contributed by atoms with Crippen molar-refractivity contribution in [2.24, 2.45) is 0 Å². The lowest BCUT2D eigenvalue weighted by Crippen LogP contribution is -2.37. The van der Waals surface area contributed by atoms with Gasteiger partial charge in [-0.05, 0) is 25.0 Å². The van der Waals surface area contributed by atoms with Crippen molar-refractivity contribution in [3.63, 3.8) is 0 Å². The third-order valence-corrected chi connectivity index (χ3v) is 3.25. The SMILES string of the molecule is CCC(CC)N(CCO)c1nc2ccccc2o1. The maximum Gasteiger partial charge on any atom is 0.298 e. The van der Waals surface area contributed by atoms with Crippen LogP contribution in [-0.4, -0.2) is 29.3 Å². The standard InChI is InChI=1S/C14H20N2O2/c1-3-11(4-2)16(9-10-17)14-15-12-7-5-6-8-13(12)18-14/h5-8,11,17H,3-4,9-10H2,1-2H3. The van der Waals surface area contributed by atoms with E-state index >= 15 is 0 Å². The van der Waals surface area contributed by atoms with E-state index in [1.807, 2.05) is 24.3 Å². The number of para-hydroxylation sites is 2. The average molecular weight is 248 g/mol. The van der Waals surface area contributed by atoms with Gasteiger partial charge in [-0.25, -0.2) is 0 Å². The van der Waals surface area contributed by atoms with Crippen molar-refractivity contribution in [1.29, 1.82) is 0 Å². The molecule has 1 aromatic heterocycles. The Balaban J connectivity index is 2.34. The van der Waals surface area contributed by atoms with Crippen LogP contribution in [0.25, 0.3) is 11.1 Å². The van der Waals surface area contributed by atoms with Gasteiger partial charge in [-0.1, -0.05) is 26.0 Å². The van der Waals surface area contributed by atoms with E-state index in [1.165, 1.54) is 0 Å². The van der Waals surface area contributed by atoms with Crippen molar-refractivity contribution in [2.45, 2.75) is 32.7 Å². The molecule has 4 nitrogen and oxygen atoms in total. The van der Waals surface area contributed by atoms with E-state index in [-0.39, 0.29) is 6.61 Å². The first kappa shape index (κ1) is 12.9. The van der Waals surface area contributed by atoms with Gasteiger partial charge in [-0.15, -0.1) is 0 Å². The lowest BCUT2D eigenvalue weighted by atomic mass is 10.1. The summed E-state index contributed by atoms with van der Waals surface area (Å²) < 4.78 is 5.77. The van der Waals surface area contributed by atoms with Gasteiger partial charge < -0.3 is 14.4 Å². The van der Waals surface area contributed by atoms with Gasteiger partial charge in [0.25, 0.3) is 6.01 Å². The number of hydrogen-bond donors (Lipinski definition) is 1. The molecule has 0 fully saturated rings. The summed E-state index contributed by atoms with van der Waals surface area (Å²) in [5.41, 5.74) is 1.66. The molecule has 18 heavy (non-hydrogen) atoms. The zero-order valence-corrected chi connectivity index (χ0v) is 11.0. The van der Waals surface area contributed by atoms with E-state index in [1.54, 1.807) is 0 Å². The Morgan fingerprint density at radius 3 is 2.61 bits per heavy atom. The molecule has 0 aliphatic rings. The van der Waals surface area contributed by atoms with E-state index in [9.17, 15) is 5.11 Å². The summed E-state index contributed by atoms with van der Waals surface area (Å²) in [6.45, 7) is 4.94. The molecular weight excluding hydrogens is 228 g/mol. The summed E-state index contributed by atoms with van der Waals surface area (Å²) in [6.07, 6.45) is 2.02. The predicted molar refractivity (Wildman–Crippen MR) is 72.8 cm³/mol. The van der Waals surface area contributed by atoms with Crippen molar-refractivity contribution in [3.8, 4) is 0 Å². The Hall–Kier alpha value is -1.55. The number of hydrogen-bond acceptors (Lipinski definition) is 4. The molecule has 0 bridgehead atoms.